The van der Waals surface area contributed by atoms with Crippen LogP contribution in [0, 0.1) is 27.9 Å². The van der Waals surface area contributed by atoms with E-state index in [-0.39, 0.29) is 0 Å². The van der Waals surface area contributed by atoms with Crippen molar-refractivity contribution in [3.63, 3.8) is 0 Å². The van der Waals surface area contributed by atoms with E-state index < -0.39 is 21.2 Å². The summed E-state index contributed by atoms with van der Waals surface area (Å²) in [5.41, 5.74) is 1.40. The maximum atomic E-state index is 10.6. The molecule has 0 amide bonds. The van der Waals surface area contributed by atoms with Gasteiger partial charge in [0.2, 0.25) is 0 Å². The minimum absolute atomic E-state index is 0.523. The highest BCUT2D eigenvalue weighted by atomic mass is 127. The summed E-state index contributed by atoms with van der Waals surface area (Å²) in [4.78, 5) is 0. The molecule has 0 aromatic heterocycles. The highest BCUT2D eigenvalue weighted by molar-refractivity contribution is 14.1. The number of hydrogen-bond acceptors (Lipinski definition) is 2. The van der Waals surface area contributed by atoms with Gasteiger partial charge in [-0.2, -0.15) is 5.26 Å². The van der Waals surface area contributed by atoms with Crippen molar-refractivity contribution >= 4 is 21.2 Å². The van der Waals surface area contributed by atoms with Crippen LogP contribution in [0.25, 0.3) is 0 Å². The van der Waals surface area contributed by atoms with Crippen LogP contribution in [0.1, 0.15) is 11.1 Å². The third-order valence-corrected chi connectivity index (χ3v) is 2.64. The Morgan fingerprint density at radius 2 is 2.45 bits per heavy atom. The molecule has 0 saturated carbocycles. The summed E-state index contributed by atoms with van der Waals surface area (Å²) in [6.45, 7) is 1.83. The molecule has 0 fully saturated rings. The Labute approximate surface area is 75.5 Å². The molecule has 1 rings (SSSR count). The molecule has 3 heteroatoms. The van der Waals surface area contributed by atoms with Gasteiger partial charge in [0.15, 0.2) is 21.2 Å². The van der Waals surface area contributed by atoms with Crippen LogP contribution < -0.4 is 0 Å². The fourth-order valence-corrected chi connectivity index (χ4v) is 1.84. The molecule has 0 N–H and O–H groups in total. The maximum absolute atomic E-state index is 10.6. The van der Waals surface area contributed by atoms with Crippen molar-refractivity contribution in [2.24, 2.45) is 0 Å². The normalized spacial score (nSPS) is 9.09. The second-order valence-electron chi connectivity index (χ2n) is 2.04. The lowest BCUT2D eigenvalue weighted by Crippen LogP contribution is -1.85. The van der Waals surface area contributed by atoms with E-state index in [1.54, 1.807) is 12.1 Å². The molecule has 55 valence electrons. The van der Waals surface area contributed by atoms with Gasteiger partial charge in [-0.25, -0.2) is 0 Å². The topological polar surface area (TPSA) is 40.9 Å². The van der Waals surface area contributed by atoms with Gasteiger partial charge in [0, 0.05) is 6.07 Å². The molecule has 0 aliphatic heterocycles. The van der Waals surface area contributed by atoms with Gasteiger partial charge in [0.25, 0.3) is 0 Å². The SMILES string of the molecule is Cc1cc[c]c(I=O)c1C#N. The van der Waals surface area contributed by atoms with E-state index in [1.165, 1.54) is 0 Å². The van der Waals surface area contributed by atoms with E-state index >= 15 is 0 Å². The number of benzene rings is 1. The minimum Gasteiger partial charge on any atom is -0.265 e. The Morgan fingerprint density at radius 3 is 2.91 bits per heavy atom. The molecule has 0 saturated heterocycles. The van der Waals surface area contributed by atoms with Gasteiger partial charge in [0.05, 0.1) is 9.13 Å². The van der Waals surface area contributed by atoms with Gasteiger partial charge < -0.3 is 0 Å². The van der Waals surface area contributed by atoms with Crippen LogP contribution in [0.4, 0.5) is 0 Å². The van der Waals surface area contributed by atoms with E-state index in [0.29, 0.717) is 9.13 Å². The van der Waals surface area contributed by atoms with Crippen LogP contribution >= 0.6 is 21.2 Å². The van der Waals surface area contributed by atoms with Crippen molar-refractivity contribution < 1.29 is 3.07 Å². The number of aryl methyl sites for hydroxylation is 1. The molecule has 1 aromatic carbocycles. The lowest BCUT2D eigenvalue weighted by Gasteiger charge is -1.95. The van der Waals surface area contributed by atoms with Gasteiger partial charge in [-0.3, -0.25) is 3.07 Å². The van der Waals surface area contributed by atoms with E-state index in [0.717, 1.165) is 5.56 Å². The second kappa shape index (κ2) is 3.58. The highest BCUT2D eigenvalue weighted by Gasteiger charge is 2.03. The largest absolute Gasteiger partial charge is 0.265 e. The van der Waals surface area contributed by atoms with Crippen LogP contribution in [0.5, 0.6) is 0 Å². The third-order valence-electron chi connectivity index (χ3n) is 1.35. The Bertz CT molecular complexity index is 327. The van der Waals surface area contributed by atoms with E-state index in [1.807, 2.05) is 13.0 Å². The Balaban J connectivity index is 3.38. The first-order chi connectivity index (χ1) is 5.29. The number of rotatable bonds is 1. The van der Waals surface area contributed by atoms with Crippen molar-refractivity contribution in [2.75, 3.05) is 0 Å². The van der Waals surface area contributed by atoms with Crippen molar-refractivity contribution in [3.8, 4) is 6.07 Å². The lowest BCUT2D eigenvalue weighted by atomic mass is 10.1. The molecule has 0 unspecified atom stereocenters. The van der Waals surface area contributed by atoms with Gasteiger partial charge in [-0.05, 0) is 12.5 Å². The van der Waals surface area contributed by atoms with Crippen molar-refractivity contribution in [1.29, 1.82) is 5.26 Å². The first kappa shape index (κ1) is 8.34. The summed E-state index contributed by atoms with van der Waals surface area (Å²) in [7, 11) is 0. The first-order valence-electron chi connectivity index (χ1n) is 2.98. The molecule has 0 heterocycles. The van der Waals surface area contributed by atoms with Crippen molar-refractivity contribution in [1.82, 2.24) is 0 Å². The fraction of sp³-hybridized carbons (Fsp3) is 0.125. The summed E-state index contributed by atoms with van der Waals surface area (Å²) >= 11 is -1.26. The van der Waals surface area contributed by atoms with Crippen LogP contribution in [0.15, 0.2) is 12.1 Å². The fourth-order valence-electron chi connectivity index (χ4n) is 0.767. The lowest BCUT2D eigenvalue weighted by molar-refractivity contribution is 0.648. The molecule has 0 spiro atoms. The quantitative estimate of drug-likeness (QED) is 0.724. The van der Waals surface area contributed by atoms with Crippen LogP contribution in [-0.2, 0) is 3.07 Å². The molecule has 1 radical (unpaired) electrons. The molecule has 0 aliphatic rings. The molecule has 0 atom stereocenters. The Morgan fingerprint density at radius 1 is 1.73 bits per heavy atom. The van der Waals surface area contributed by atoms with Crippen LogP contribution in [0.2, 0.25) is 0 Å². The molecule has 0 aliphatic carbocycles. The van der Waals surface area contributed by atoms with Crippen LogP contribution in [-0.4, -0.2) is 0 Å². The van der Waals surface area contributed by atoms with Crippen LogP contribution in [0.3, 0.4) is 0 Å². The summed E-state index contributed by atoms with van der Waals surface area (Å²) in [6, 6.07) is 8.29. The van der Waals surface area contributed by atoms with Gasteiger partial charge in [-0.1, -0.05) is 12.1 Å². The molecule has 2 nitrogen and oxygen atoms in total. The zero-order valence-electron chi connectivity index (χ0n) is 5.89. The number of nitriles is 1. The summed E-state index contributed by atoms with van der Waals surface area (Å²) in [5, 5.41) is 8.64. The first-order valence-corrected chi connectivity index (χ1v) is 4.94. The van der Waals surface area contributed by atoms with Gasteiger partial charge >= 0.3 is 0 Å². The molecule has 11 heavy (non-hydrogen) atoms. The predicted molar refractivity (Wildman–Crippen MR) is 48.1 cm³/mol. The second-order valence-corrected chi connectivity index (χ2v) is 3.56. The van der Waals surface area contributed by atoms with E-state index in [4.69, 9.17) is 5.26 Å². The maximum Gasteiger partial charge on any atom is 0.184 e. The Kier molecular flexibility index (Phi) is 2.71. The average molecular weight is 258 g/mol. The van der Waals surface area contributed by atoms with Crippen molar-refractivity contribution in [3.05, 3.63) is 32.9 Å². The monoisotopic (exact) mass is 258 g/mol. The summed E-state index contributed by atoms with van der Waals surface area (Å²) in [5.74, 6) is 0. The third kappa shape index (κ3) is 1.63. The predicted octanol–water partition coefficient (Wildman–Crippen LogP) is 2.15. The molecular weight excluding hydrogens is 253 g/mol. The standard InChI is InChI=1S/C8H5INO/c1-6-3-2-4-8(9-11)7(6)5-10/h2-3H,1H3. The minimum atomic E-state index is -1.26. The molecule has 1 aromatic rings. The Hall–Kier alpha value is -0.760. The molecule has 0 bridgehead atoms. The smallest absolute Gasteiger partial charge is 0.184 e. The van der Waals surface area contributed by atoms with Gasteiger partial charge in [0.1, 0.15) is 6.07 Å². The highest BCUT2D eigenvalue weighted by Crippen LogP contribution is 2.17. The van der Waals surface area contributed by atoms with E-state index in [2.05, 4.69) is 6.07 Å². The number of hydrogen-bond donors (Lipinski definition) is 0. The average Bonchev–Trinajstić information content (AvgIpc) is 2.04. The summed E-state index contributed by atoms with van der Waals surface area (Å²) in [6.07, 6.45) is 0. The zero-order valence-corrected chi connectivity index (χ0v) is 8.05. The number of halogens is 1. The summed E-state index contributed by atoms with van der Waals surface area (Å²) < 4.78 is 11.2. The number of nitrogens with zero attached hydrogens (tertiary/aromatic N) is 1. The van der Waals surface area contributed by atoms with Gasteiger partial charge in [-0.15, -0.1) is 0 Å². The molecular formula is C8H5INO. The van der Waals surface area contributed by atoms with Crippen molar-refractivity contribution in [2.45, 2.75) is 6.92 Å². The zero-order chi connectivity index (χ0) is 8.27. The van der Waals surface area contributed by atoms with E-state index in [9.17, 15) is 3.07 Å².